The third-order valence-corrected chi connectivity index (χ3v) is 2.84. The summed E-state index contributed by atoms with van der Waals surface area (Å²) in [6.07, 6.45) is 0. The number of hydrogen-bond acceptors (Lipinski definition) is 1. The van der Waals surface area contributed by atoms with Gasteiger partial charge < -0.3 is 0 Å². The van der Waals surface area contributed by atoms with Crippen LogP contribution in [0.2, 0.25) is 5.02 Å². The minimum absolute atomic E-state index is 0.0267. The summed E-state index contributed by atoms with van der Waals surface area (Å²) >= 11 is 7.35. The Hall–Kier alpha value is -0.340. The van der Waals surface area contributed by atoms with Gasteiger partial charge in [0.05, 0.1) is 14.2 Å². The Morgan fingerprint density at radius 2 is 2.18 bits per heavy atom. The van der Waals surface area contributed by atoms with Gasteiger partial charge in [0.1, 0.15) is 6.07 Å². The molecule has 0 atom stereocenters. The van der Waals surface area contributed by atoms with Crippen LogP contribution in [-0.4, -0.2) is 0 Å². The highest BCUT2D eigenvalue weighted by molar-refractivity contribution is 14.1. The monoisotopic (exact) mass is 281 g/mol. The Morgan fingerprint density at radius 1 is 1.55 bits per heavy atom. The Balaban J connectivity index is 3.40. The number of nitrogens with zero attached hydrogens (tertiary/aromatic N) is 1. The van der Waals surface area contributed by atoms with Crippen LogP contribution in [0.1, 0.15) is 5.56 Å². The molecule has 0 heterocycles. The van der Waals surface area contributed by atoms with Crippen molar-refractivity contribution >= 4 is 34.2 Å². The van der Waals surface area contributed by atoms with Gasteiger partial charge >= 0.3 is 0 Å². The van der Waals surface area contributed by atoms with Gasteiger partial charge in [-0.15, -0.1) is 0 Å². The molecule has 1 nitrogen and oxygen atoms in total. The number of hydrogen-bond donors (Lipinski definition) is 0. The van der Waals surface area contributed by atoms with Crippen molar-refractivity contribution in [2.45, 2.75) is 0 Å². The number of rotatable bonds is 0. The Bertz CT molecular complexity index is 332. The van der Waals surface area contributed by atoms with Crippen LogP contribution < -0.4 is 0 Å². The molecule has 0 spiro atoms. The molecule has 0 amide bonds. The molecule has 0 saturated carbocycles. The SMILES string of the molecule is N#Cc1ccc(Cl)c(I)c1F. The second kappa shape index (κ2) is 3.37. The first kappa shape index (κ1) is 8.75. The summed E-state index contributed by atoms with van der Waals surface area (Å²) in [5.74, 6) is -0.541. The molecule has 1 aromatic carbocycles. The lowest BCUT2D eigenvalue weighted by Gasteiger charge is -1.97. The van der Waals surface area contributed by atoms with Crippen LogP contribution in [0.15, 0.2) is 12.1 Å². The minimum Gasteiger partial charge on any atom is -0.204 e. The summed E-state index contributed by atoms with van der Waals surface area (Å²) in [5, 5.41) is 8.73. The van der Waals surface area contributed by atoms with Crippen molar-refractivity contribution < 1.29 is 4.39 Å². The van der Waals surface area contributed by atoms with E-state index in [2.05, 4.69) is 0 Å². The molecule has 0 saturated heterocycles. The predicted molar refractivity (Wildman–Crippen MR) is 48.8 cm³/mol. The van der Waals surface area contributed by atoms with Gasteiger partial charge in [0.15, 0.2) is 5.82 Å². The summed E-state index contributed by atoms with van der Waals surface area (Å²) in [4.78, 5) is 0. The smallest absolute Gasteiger partial charge is 0.155 e. The topological polar surface area (TPSA) is 23.8 Å². The summed E-state index contributed by atoms with van der Waals surface area (Å²) in [5.41, 5.74) is 0.0267. The fourth-order valence-electron chi connectivity index (χ4n) is 0.612. The quantitative estimate of drug-likeness (QED) is 0.530. The van der Waals surface area contributed by atoms with Crippen molar-refractivity contribution in [3.05, 3.63) is 32.1 Å². The van der Waals surface area contributed by atoms with E-state index in [1.54, 1.807) is 28.7 Å². The second-order valence-electron chi connectivity index (χ2n) is 1.83. The van der Waals surface area contributed by atoms with E-state index in [9.17, 15) is 4.39 Å². The molecule has 1 rings (SSSR count). The highest BCUT2D eigenvalue weighted by Crippen LogP contribution is 2.23. The zero-order valence-corrected chi connectivity index (χ0v) is 8.15. The first-order valence-electron chi connectivity index (χ1n) is 2.70. The Kier molecular flexibility index (Phi) is 2.68. The molecule has 56 valence electrons. The van der Waals surface area contributed by atoms with E-state index in [1.165, 1.54) is 12.1 Å². The Morgan fingerprint density at radius 3 is 2.73 bits per heavy atom. The lowest BCUT2D eigenvalue weighted by molar-refractivity contribution is 0.616. The standard InChI is InChI=1S/C7H2ClFIN/c8-5-2-1-4(3-11)6(9)7(5)10/h1-2H. The molecule has 0 aromatic heterocycles. The van der Waals surface area contributed by atoms with E-state index in [0.29, 0.717) is 8.59 Å². The third-order valence-electron chi connectivity index (χ3n) is 1.16. The van der Waals surface area contributed by atoms with E-state index in [-0.39, 0.29) is 5.56 Å². The van der Waals surface area contributed by atoms with E-state index in [0.717, 1.165) is 0 Å². The maximum Gasteiger partial charge on any atom is 0.155 e. The minimum atomic E-state index is -0.541. The van der Waals surface area contributed by atoms with Gasteiger partial charge in [-0.1, -0.05) is 11.6 Å². The van der Waals surface area contributed by atoms with Crippen LogP contribution in [0.25, 0.3) is 0 Å². The first-order valence-corrected chi connectivity index (χ1v) is 4.16. The van der Waals surface area contributed by atoms with E-state index in [4.69, 9.17) is 16.9 Å². The molecule has 1 aromatic rings. The van der Waals surface area contributed by atoms with Gasteiger partial charge in [-0.25, -0.2) is 4.39 Å². The molecule has 4 heteroatoms. The van der Waals surface area contributed by atoms with Crippen LogP contribution >= 0.6 is 34.2 Å². The van der Waals surface area contributed by atoms with Crippen LogP contribution in [0.4, 0.5) is 4.39 Å². The fourth-order valence-corrected chi connectivity index (χ4v) is 1.23. The van der Waals surface area contributed by atoms with Gasteiger partial charge in [-0.2, -0.15) is 5.26 Å². The maximum absolute atomic E-state index is 12.9. The summed E-state index contributed by atoms with van der Waals surface area (Å²) in [6, 6.07) is 4.59. The van der Waals surface area contributed by atoms with Crippen molar-refractivity contribution in [2.75, 3.05) is 0 Å². The second-order valence-corrected chi connectivity index (χ2v) is 3.32. The highest BCUT2D eigenvalue weighted by Gasteiger charge is 2.08. The van der Waals surface area contributed by atoms with E-state index in [1.807, 2.05) is 0 Å². The van der Waals surface area contributed by atoms with Gasteiger partial charge in [0.25, 0.3) is 0 Å². The van der Waals surface area contributed by atoms with Gasteiger partial charge in [0.2, 0.25) is 0 Å². The van der Waals surface area contributed by atoms with E-state index < -0.39 is 5.82 Å². The highest BCUT2D eigenvalue weighted by atomic mass is 127. The molecule has 0 aliphatic rings. The predicted octanol–water partition coefficient (Wildman–Crippen LogP) is 2.96. The third kappa shape index (κ3) is 1.63. The molecular formula is C7H2ClFIN. The Labute approximate surface area is 81.9 Å². The average Bonchev–Trinajstić information content (AvgIpc) is 2.01. The molecule has 0 fully saturated rings. The molecular weight excluding hydrogens is 279 g/mol. The van der Waals surface area contributed by atoms with Crippen molar-refractivity contribution in [1.82, 2.24) is 0 Å². The molecule has 0 unspecified atom stereocenters. The average molecular weight is 281 g/mol. The van der Waals surface area contributed by atoms with E-state index >= 15 is 0 Å². The fraction of sp³-hybridized carbons (Fsp3) is 0. The maximum atomic E-state index is 12.9. The number of nitriles is 1. The van der Waals surface area contributed by atoms with Crippen molar-refractivity contribution in [3.8, 4) is 6.07 Å². The lowest BCUT2D eigenvalue weighted by atomic mass is 10.2. The normalized spacial score (nSPS) is 9.27. The van der Waals surface area contributed by atoms with Crippen LogP contribution in [0.5, 0.6) is 0 Å². The zero-order chi connectivity index (χ0) is 8.43. The van der Waals surface area contributed by atoms with Crippen molar-refractivity contribution in [3.63, 3.8) is 0 Å². The van der Waals surface area contributed by atoms with Crippen LogP contribution in [-0.2, 0) is 0 Å². The van der Waals surface area contributed by atoms with Crippen molar-refractivity contribution in [1.29, 1.82) is 5.26 Å². The lowest BCUT2D eigenvalue weighted by Crippen LogP contribution is -1.88. The molecule has 0 N–H and O–H groups in total. The van der Waals surface area contributed by atoms with Crippen molar-refractivity contribution in [2.24, 2.45) is 0 Å². The van der Waals surface area contributed by atoms with Crippen LogP contribution in [0, 0.1) is 20.7 Å². The number of benzene rings is 1. The largest absolute Gasteiger partial charge is 0.204 e. The van der Waals surface area contributed by atoms with Gasteiger partial charge in [-0.05, 0) is 34.7 Å². The summed E-state index contributed by atoms with van der Waals surface area (Å²) < 4.78 is 13.2. The number of halogens is 3. The first-order chi connectivity index (χ1) is 5.16. The molecule has 0 bridgehead atoms. The molecule has 11 heavy (non-hydrogen) atoms. The molecule has 0 radical (unpaired) electrons. The zero-order valence-electron chi connectivity index (χ0n) is 5.24. The van der Waals surface area contributed by atoms with Gasteiger partial charge in [-0.3, -0.25) is 0 Å². The molecule has 0 aliphatic heterocycles. The summed E-state index contributed by atoms with van der Waals surface area (Å²) in [6.45, 7) is 0. The summed E-state index contributed by atoms with van der Waals surface area (Å²) in [7, 11) is 0. The molecule has 0 aliphatic carbocycles. The van der Waals surface area contributed by atoms with Gasteiger partial charge in [0, 0.05) is 0 Å². The van der Waals surface area contributed by atoms with Crippen LogP contribution in [0.3, 0.4) is 0 Å².